The molecule has 21 heavy (non-hydrogen) atoms. The number of ether oxygens (including phenoxy) is 1. The lowest BCUT2D eigenvalue weighted by Gasteiger charge is -2.13. The van der Waals surface area contributed by atoms with Crippen molar-refractivity contribution < 1.29 is 14.3 Å². The highest BCUT2D eigenvalue weighted by Crippen LogP contribution is 2.15. The molecule has 0 saturated carbocycles. The van der Waals surface area contributed by atoms with Gasteiger partial charge >= 0.3 is 5.97 Å². The van der Waals surface area contributed by atoms with Gasteiger partial charge in [0.2, 0.25) is 0 Å². The maximum atomic E-state index is 11.9. The second-order valence-electron chi connectivity index (χ2n) is 4.26. The number of aromatic nitrogens is 1. The Morgan fingerprint density at radius 1 is 1.24 bits per heavy atom. The SMILES string of the molecule is C[C@H](OC(=O)c1ccccn1)C(=O)Nc1cccc(Cl)c1. The van der Waals surface area contributed by atoms with Crippen LogP contribution in [0.1, 0.15) is 17.4 Å². The van der Waals surface area contributed by atoms with Gasteiger partial charge in [0.1, 0.15) is 5.69 Å². The lowest BCUT2D eigenvalue weighted by Crippen LogP contribution is -2.30. The van der Waals surface area contributed by atoms with Gasteiger partial charge in [-0.15, -0.1) is 0 Å². The molecule has 1 amide bonds. The third kappa shape index (κ3) is 4.29. The van der Waals surface area contributed by atoms with Crippen molar-refractivity contribution in [2.24, 2.45) is 0 Å². The fourth-order valence-electron chi connectivity index (χ4n) is 1.57. The molecule has 0 bridgehead atoms. The van der Waals surface area contributed by atoms with Crippen LogP contribution in [0.2, 0.25) is 5.02 Å². The van der Waals surface area contributed by atoms with Gasteiger partial charge in [-0.25, -0.2) is 9.78 Å². The standard InChI is InChI=1S/C15H13ClN2O3/c1-10(21-15(20)13-7-2-3-8-17-13)14(19)18-12-6-4-5-11(16)9-12/h2-10H,1H3,(H,18,19)/t10-/m0/s1. The summed E-state index contributed by atoms with van der Waals surface area (Å²) in [5, 5.41) is 3.12. The van der Waals surface area contributed by atoms with Crippen LogP contribution in [0.3, 0.4) is 0 Å². The first-order valence-electron chi connectivity index (χ1n) is 6.24. The Labute approximate surface area is 126 Å². The lowest BCUT2D eigenvalue weighted by atomic mass is 10.3. The van der Waals surface area contributed by atoms with Gasteiger partial charge in [0.15, 0.2) is 6.10 Å². The second kappa shape index (κ2) is 6.85. The summed E-state index contributed by atoms with van der Waals surface area (Å²) in [6.45, 7) is 1.49. The third-order valence-electron chi connectivity index (χ3n) is 2.62. The van der Waals surface area contributed by atoms with Crippen molar-refractivity contribution in [1.29, 1.82) is 0 Å². The van der Waals surface area contributed by atoms with Crippen molar-refractivity contribution in [2.75, 3.05) is 5.32 Å². The zero-order valence-electron chi connectivity index (χ0n) is 11.2. The zero-order valence-corrected chi connectivity index (χ0v) is 12.0. The molecule has 0 fully saturated rings. The predicted octanol–water partition coefficient (Wildman–Crippen LogP) is 2.92. The third-order valence-corrected chi connectivity index (χ3v) is 2.85. The number of hydrogen-bond donors (Lipinski definition) is 1. The van der Waals surface area contributed by atoms with Gasteiger partial charge in [-0.05, 0) is 37.3 Å². The number of nitrogens with one attached hydrogen (secondary N) is 1. The summed E-state index contributed by atoms with van der Waals surface area (Å²) in [7, 11) is 0. The molecular weight excluding hydrogens is 292 g/mol. The summed E-state index contributed by atoms with van der Waals surface area (Å²) < 4.78 is 5.05. The quantitative estimate of drug-likeness (QED) is 0.882. The van der Waals surface area contributed by atoms with E-state index in [1.54, 1.807) is 36.4 Å². The molecule has 0 spiro atoms. The second-order valence-corrected chi connectivity index (χ2v) is 4.70. The van der Waals surface area contributed by atoms with Gasteiger partial charge in [0, 0.05) is 16.9 Å². The molecule has 0 radical (unpaired) electrons. The van der Waals surface area contributed by atoms with Gasteiger partial charge < -0.3 is 10.1 Å². The molecule has 1 heterocycles. The van der Waals surface area contributed by atoms with Gasteiger partial charge in [-0.1, -0.05) is 23.7 Å². The van der Waals surface area contributed by atoms with E-state index in [1.165, 1.54) is 19.2 Å². The van der Waals surface area contributed by atoms with Crippen LogP contribution < -0.4 is 5.32 Å². The molecule has 0 aliphatic carbocycles. The molecule has 2 aromatic rings. The van der Waals surface area contributed by atoms with Crippen LogP contribution in [-0.4, -0.2) is 23.0 Å². The molecule has 1 aromatic carbocycles. The first kappa shape index (κ1) is 15.0. The summed E-state index contributed by atoms with van der Waals surface area (Å²) in [4.78, 5) is 27.6. The summed E-state index contributed by atoms with van der Waals surface area (Å²) in [5.41, 5.74) is 0.688. The Hall–Kier alpha value is -2.40. The zero-order chi connectivity index (χ0) is 15.2. The fourth-order valence-corrected chi connectivity index (χ4v) is 1.76. The molecule has 1 aromatic heterocycles. The van der Waals surface area contributed by atoms with Crippen LogP contribution >= 0.6 is 11.6 Å². The van der Waals surface area contributed by atoms with E-state index in [1.807, 2.05) is 0 Å². The molecule has 0 aliphatic heterocycles. The molecule has 0 saturated heterocycles. The summed E-state index contributed by atoms with van der Waals surface area (Å²) in [6.07, 6.45) is 0.534. The van der Waals surface area contributed by atoms with Gasteiger partial charge in [-0.3, -0.25) is 4.79 Å². The Bertz CT molecular complexity index is 646. The highest BCUT2D eigenvalue weighted by atomic mass is 35.5. The Kier molecular flexibility index (Phi) is 4.90. The number of benzene rings is 1. The van der Waals surface area contributed by atoms with Gasteiger partial charge in [0.05, 0.1) is 0 Å². The molecular formula is C15H13ClN2O3. The van der Waals surface area contributed by atoms with Crippen molar-refractivity contribution in [1.82, 2.24) is 4.98 Å². The highest BCUT2D eigenvalue weighted by molar-refractivity contribution is 6.30. The number of amides is 1. The van der Waals surface area contributed by atoms with E-state index in [2.05, 4.69) is 10.3 Å². The van der Waals surface area contributed by atoms with Crippen molar-refractivity contribution in [2.45, 2.75) is 13.0 Å². The van der Waals surface area contributed by atoms with Crippen LogP contribution in [0.25, 0.3) is 0 Å². The van der Waals surface area contributed by atoms with E-state index >= 15 is 0 Å². The minimum atomic E-state index is -0.946. The molecule has 2 rings (SSSR count). The smallest absolute Gasteiger partial charge is 0.357 e. The average molecular weight is 305 g/mol. The van der Waals surface area contributed by atoms with E-state index in [-0.39, 0.29) is 5.69 Å². The normalized spacial score (nSPS) is 11.5. The fraction of sp³-hybridized carbons (Fsp3) is 0.133. The largest absolute Gasteiger partial charge is 0.448 e. The Morgan fingerprint density at radius 2 is 2.05 bits per heavy atom. The number of carbonyl (C=O) groups excluding carboxylic acids is 2. The summed E-state index contributed by atoms with van der Waals surface area (Å²) in [5.74, 6) is -1.09. The molecule has 1 atom stereocenters. The Balaban J connectivity index is 1.95. The predicted molar refractivity (Wildman–Crippen MR) is 79.2 cm³/mol. The van der Waals surface area contributed by atoms with Crippen LogP contribution in [0, 0.1) is 0 Å². The van der Waals surface area contributed by atoms with Gasteiger partial charge in [0.25, 0.3) is 5.91 Å². The molecule has 108 valence electrons. The van der Waals surface area contributed by atoms with Crippen LogP contribution in [0.5, 0.6) is 0 Å². The molecule has 0 unspecified atom stereocenters. The minimum Gasteiger partial charge on any atom is -0.448 e. The summed E-state index contributed by atoms with van der Waals surface area (Å²) >= 11 is 5.83. The number of halogens is 1. The van der Waals surface area contributed by atoms with Crippen molar-refractivity contribution in [3.63, 3.8) is 0 Å². The van der Waals surface area contributed by atoms with Crippen molar-refractivity contribution in [3.8, 4) is 0 Å². The Morgan fingerprint density at radius 3 is 2.71 bits per heavy atom. The first-order valence-corrected chi connectivity index (χ1v) is 6.62. The average Bonchev–Trinajstić information content (AvgIpc) is 2.48. The lowest BCUT2D eigenvalue weighted by molar-refractivity contribution is -0.123. The number of pyridine rings is 1. The van der Waals surface area contributed by atoms with Crippen LogP contribution in [-0.2, 0) is 9.53 Å². The van der Waals surface area contributed by atoms with E-state index in [0.29, 0.717) is 10.7 Å². The summed E-state index contributed by atoms with van der Waals surface area (Å²) in [6, 6.07) is 11.6. The number of anilines is 1. The number of esters is 1. The van der Waals surface area contributed by atoms with E-state index < -0.39 is 18.0 Å². The number of rotatable bonds is 4. The topological polar surface area (TPSA) is 68.3 Å². The maximum absolute atomic E-state index is 11.9. The van der Waals surface area contributed by atoms with E-state index in [0.717, 1.165) is 0 Å². The van der Waals surface area contributed by atoms with E-state index in [9.17, 15) is 9.59 Å². The van der Waals surface area contributed by atoms with Gasteiger partial charge in [-0.2, -0.15) is 0 Å². The number of carbonyl (C=O) groups is 2. The van der Waals surface area contributed by atoms with Crippen LogP contribution in [0.4, 0.5) is 5.69 Å². The minimum absolute atomic E-state index is 0.153. The monoisotopic (exact) mass is 304 g/mol. The van der Waals surface area contributed by atoms with Crippen molar-refractivity contribution in [3.05, 3.63) is 59.4 Å². The number of nitrogens with zero attached hydrogens (tertiary/aromatic N) is 1. The molecule has 0 aliphatic rings. The van der Waals surface area contributed by atoms with Crippen molar-refractivity contribution >= 4 is 29.2 Å². The first-order chi connectivity index (χ1) is 10.1. The molecule has 5 nitrogen and oxygen atoms in total. The molecule has 1 N–H and O–H groups in total. The van der Waals surface area contributed by atoms with E-state index in [4.69, 9.17) is 16.3 Å². The molecule has 6 heteroatoms. The van der Waals surface area contributed by atoms with Crippen LogP contribution in [0.15, 0.2) is 48.7 Å². The highest BCUT2D eigenvalue weighted by Gasteiger charge is 2.19. The maximum Gasteiger partial charge on any atom is 0.357 e. The number of hydrogen-bond acceptors (Lipinski definition) is 4.